The number of anilines is 1. The molecule has 3 rings (SSSR count). The molecular formula is C13H10ClN5O. The molecule has 100 valence electrons. The Morgan fingerprint density at radius 1 is 1.25 bits per heavy atom. The molecule has 0 aliphatic carbocycles. The summed E-state index contributed by atoms with van der Waals surface area (Å²) in [4.78, 5) is 27.0. The highest BCUT2D eigenvalue weighted by atomic mass is 35.5. The van der Waals surface area contributed by atoms with Gasteiger partial charge in [-0.2, -0.15) is 9.97 Å². The highest BCUT2D eigenvalue weighted by Gasteiger charge is 2.11. The number of hydrogen-bond donors (Lipinski definition) is 2. The average Bonchev–Trinajstić information content (AvgIpc) is 2.88. The van der Waals surface area contributed by atoms with E-state index < -0.39 is 0 Å². The van der Waals surface area contributed by atoms with E-state index in [4.69, 9.17) is 11.6 Å². The van der Waals surface area contributed by atoms with Gasteiger partial charge in [-0.3, -0.25) is 10.1 Å². The molecule has 0 spiro atoms. The summed E-state index contributed by atoms with van der Waals surface area (Å²) in [5.41, 5.74) is 2.56. The van der Waals surface area contributed by atoms with Crippen molar-refractivity contribution in [2.75, 3.05) is 5.32 Å². The Balaban J connectivity index is 1.88. The first-order valence-corrected chi connectivity index (χ1v) is 6.26. The molecule has 1 amide bonds. The maximum Gasteiger partial charge on any atom is 0.258 e. The van der Waals surface area contributed by atoms with Crippen molar-refractivity contribution in [2.45, 2.75) is 6.92 Å². The lowest BCUT2D eigenvalue weighted by atomic mass is 10.1. The Morgan fingerprint density at radius 2 is 2.00 bits per heavy atom. The summed E-state index contributed by atoms with van der Waals surface area (Å²) in [6, 6.07) is 7.19. The Morgan fingerprint density at radius 3 is 2.75 bits per heavy atom. The third-order valence-corrected chi connectivity index (χ3v) is 3.05. The van der Waals surface area contributed by atoms with Gasteiger partial charge in [-0.05, 0) is 19.1 Å². The molecule has 0 radical (unpaired) electrons. The van der Waals surface area contributed by atoms with Crippen LogP contribution in [-0.4, -0.2) is 25.8 Å². The molecule has 2 heterocycles. The molecule has 7 heteroatoms. The second-order valence-electron chi connectivity index (χ2n) is 4.26. The second kappa shape index (κ2) is 4.90. The van der Waals surface area contributed by atoms with E-state index >= 15 is 0 Å². The van der Waals surface area contributed by atoms with Gasteiger partial charge in [0.25, 0.3) is 5.91 Å². The van der Waals surface area contributed by atoms with Crippen LogP contribution in [0.5, 0.6) is 0 Å². The van der Waals surface area contributed by atoms with Crippen molar-refractivity contribution in [3.63, 3.8) is 0 Å². The molecular weight excluding hydrogens is 278 g/mol. The lowest BCUT2D eigenvalue weighted by Crippen LogP contribution is -2.14. The van der Waals surface area contributed by atoms with E-state index in [1.54, 1.807) is 12.1 Å². The molecule has 2 N–H and O–H groups in total. The van der Waals surface area contributed by atoms with Crippen molar-refractivity contribution in [2.24, 2.45) is 0 Å². The van der Waals surface area contributed by atoms with Crippen molar-refractivity contribution in [3.8, 4) is 0 Å². The quantitative estimate of drug-likeness (QED) is 0.710. The van der Waals surface area contributed by atoms with Crippen LogP contribution in [0.1, 0.15) is 15.9 Å². The van der Waals surface area contributed by atoms with Crippen molar-refractivity contribution in [1.82, 2.24) is 19.9 Å². The van der Waals surface area contributed by atoms with Gasteiger partial charge >= 0.3 is 0 Å². The standard InChI is InChI=1S/C13H10ClN5O/c1-7-2-4-8(5-3-7)12(20)19-13-17-10(14)9-11(18-13)16-6-15-9/h2-6H,1H3,(H2,15,16,17,18,19,20). The second-order valence-corrected chi connectivity index (χ2v) is 4.62. The number of imidazole rings is 1. The van der Waals surface area contributed by atoms with Crippen LogP contribution in [0.2, 0.25) is 5.15 Å². The number of fused-ring (bicyclic) bond motifs is 1. The maximum absolute atomic E-state index is 12.0. The number of H-pyrrole nitrogens is 1. The predicted molar refractivity (Wildman–Crippen MR) is 75.8 cm³/mol. The number of benzene rings is 1. The van der Waals surface area contributed by atoms with E-state index in [1.165, 1.54) is 6.33 Å². The molecule has 3 aromatic rings. The van der Waals surface area contributed by atoms with Gasteiger partial charge in [0.15, 0.2) is 10.8 Å². The van der Waals surface area contributed by atoms with E-state index in [-0.39, 0.29) is 17.0 Å². The third kappa shape index (κ3) is 2.33. The molecule has 0 aliphatic rings. The summed E-state index contributed by atoms with van der Waals surface area (Å²) in [7, 11) is 0. The Bertz CT molecular complexity index is 781. The van der Waals surface area contributed by atoms with Crippen LogP contribution in [0.4, 0.5) is 5.95 Å². The topological polar surface area (TPSA) is 83.6 Å². The van der Waals surface area contributed by atoms with Crippen LogP contribution >= 0.6 is 11.6 Å². The number of carbonyl (C=O) groups is 1. The Hall–Kier alpha value is -2.47. The van der Waals surface area contributed by atoms with Gasteiger partial charge in [-0.1, -0.05) is 29.3 Å². The van der Waals surface area contributed by atoms with Crippen LogP contribution < -0.4 is 5.32 Å². The summed E-state index contributed by atoms with van der Waals surface area (Å²) < 4.78 is 0. The van der Waals surface area contributed by atoms with Crippen LogP contribution in [0.3, 0.4) is 0 Å². The first-order valence-electron chi connectivity index (χ1n) is 5.88. The fourth-order valence-electron chi connectivity index (χ4n) is 1.73. The third-order valence-electron chi connectivity index (χ3n) is 2.78. The smallest absolute Gasteiger partial charge is 0.258 e. The van der Waals surface area contributed by atoms with Crippen molar-refractivity contribution < 1.29 is 4.79 Å². The van der Waals surface area contributed by atoms with Crippen molar-refractivity contribution in [1.29, 1.82) is 0 Å². The normalized spacial score (nSPS) is 10.7. The van der Waals surface area contributed by atoms with Crippen molar-refractivity contribution in [3.05, 3.63) is 46.9 Å². The van der Waals surface area contributed by atoms with Crippen LogP contribution in [0.25, 0.3) is 11.2 Å². The zero-order valence-corrected chi connectivity index (χ0v) is 11.3. The molecule has 0 unspecified atom stereocenters. The minimum absolute atomic E-state index is 0.125. The molecule has 0 fully saturated rings. The molecule has 0 saturated carbocycles. The lowest BCUT2D eigenvalue weighted by molar-refractivity contribution is 0.102. The first kappa shape index (κ1) is 12.6. The van der Waals surface area contributed by atoms with Crippen LogP contribution in [-0.2, 0) is 0 Å². The molecule has 0 bridgehead atoms. The maximum atomic E-state index is 12.0. The monoisotopic (exact) mass is 287 g/mol. The summed E-state index contributed by atoms with van der Waals surface area (Å²) in [5, 5.41) is 2.82. The van der Waals surface area contributed by atoms with E-state index in [0.29, 0.717) is 16.7 Å². The number of aryl methyl sites for hydroxylation is 1. The van der Waals surface area contributed by atoms with Gasteiger partial charge in [0.05, 0.1) is 6.33 Å². The summed E-state index contributed by atoms with van der Waals surface area (Å²) >= 11 is 5.98. The number of carbonyl (C=O) groups excluding carboxylic acids is 1. The Labute approximate surface area is 119 Å². The summed E-state index contributed by atoms with van der Waals surface area (Å²) in [6.45, 7) is 1.95. The molecule has 1 aromatic carbocycles. The fraction of sp³-hybridized carbons (Fsp3) is 0.0769. The minimum atomic E-state index is -0.295. The largest absolute Gasteiger partial charge is 0.341 e. The van der Waals surface area contributed by atoms with Gasteiger partial charge in [-0.15, -0.1) is 0 Å². The zero-order chi connectivity index (χ0) is 14.1. The van der Waals surface area contributed by atoms with E-state index in [1.807, 2.05) is 19.1 Å². The van der Waals surface area contributed by atoms with E-state index in [0.717, 1.165) is 5.56 Å². The SMILES string of the molecule is Cc1ccc(C(=O)Nc2nc(Cl)c3[nH]cnc3n2)cc1. The predicted octanol–water partition coefficient (Wildman–Crippen LogP) is 2.57. The zero-order valence-electron chi connectivity index (χ0n) is 10.5. The van der Waals surface area contributed by atoms with Gasteiger partial charge < -0.3 is 4.98 Å². The van der Waals surface area contributed by atoms with Gasteiger partial charge in [0.1, 0.15) is 5.52 Å². The number of aromatic amines is 1. The number of nitrogens with one attached hydrogen (secondary N) is 2. The summed E-state index contributed by atoms with van der Waals surface area (Å²) in [5.74, 6) is -0.170. The van der Waals surface area contributed by atoms with Gasteiger partial charge in [-0.25, -0.2) is 4.98 Å². The molecule has 0 saturated heterocycles. The van der Waals surface area contributed by atoms with Crippen LogP contribution in [0.15, 0.2) is 30.6 Å². The molecule has 20 heavy (non-hydrogen) atoms. The molecule has 6 nitrogen and oxygen atoms in total. The van der Waals surface area contributed by atoms with E-state index in [2.05, 4.69) is 25.3 Å². The fourth-order valence-corrected chi connectivity index (χ4v) is 1.95. The number of hydrogen-bond acceptors (Lipinski definition) is 4. The number of halogens is 1. The highest BCUT2D eigenvalue weighted by Crippen LogP contribution is 2.18. The molecule has 0 aliphatic heterocycles. The highest BCUT2D eigenvalue weighted by molar-refractivity contribution is 6.33. The number of nitrogens with zero attached hydrogens (tertiary/aromatic N) is 3. The average molecular weight is 288 g/mol. The molecule has 2 aromatic heterocycles. The van der Waals surface area contributed by atoms with Gasteiger partial charge in [0.2, 0.25) is 5.95 Å². The number of amides is 1. The van der Waals surface area contributed by atoms with Crippen LogP contribution in [0, 0.1) is 6.92 Å². The Kier molecular flexibility index (Phi) is 3.08. The summed E-state index contributed by atoms with van der Waals surface area (Å²) in [6.07, 6.45) is 1.47. The number of aromatic nitrogens is 4. The minimum Gasteiger partial charge on any atom is -0.341 e. The molecule has 0 atom stereocenters. The van der Waals surface area contributed by atoms with E-state index in [9.17, 15) is 4.79 Å². The van der Waals surface area contributed by atoms with Crippen molar-refractivity contribution >= 4 is 34.6 Å². The van der Waals surface area contributed by atoms with Gasteiger partial charge in [0, 0.05) is 5.56 Å². The first-order chi connectivity index (χ1) is 9.63. The number of rotatable bonds is 2. The lowest BCUT2D eigenvalue weighted by Gasteiger charge is -2.04.